The first kappa shape index (κ1) is 32.3. The highest BCUT2D eigenvalue weighted by Crippen LogP contribution is 2.30. The van der Waals surface area contributed by atoms with Crippen LogP contribution >= 0.6 is 0 Å². The first-order chi connectivity index (χ1) is 17.2. The Morgan fingerprint density at radius 2 is 0.943 bits per heavy atom. The molecule has 0 saturated carbocycles. The van der Waals surface area contributed by atoms with Gasteiger partial charge in [0.25, 0.3) is 0 Å². The lowest BCUT2D eigenvalue weighted by Crippen LogP contribution is -2.42. The average Bonchev–Trinajstić information content (AvgIpc) is 2.90. The van der Waals surface area contributed by atoms with Crippen LogP contribution < -0.4 is 0 Å². The van der Waals surface area contributed by atoms with E-state index in [-0.39, 0.29) is 0 Å². The molecule has 1 atom stereocenters. The van der Waals surface area contributed by atoms with Crippen LogP contribution in [-0.2, 0) is 13.3 Å². The predicted molar refractivity (Wildman–Crippen MR) is 154 cm³/mol. The zero-order valence-electron chi connectivity index (χ0n) is 23.8. The fourth-order valence-corrected chi connectivity index (χ4v) is 7.01. The van der Waals surface area contributed by atoms with Crippen molar-refractivity contribution in [2.75, 3.05) is 21.3 Å². The van der Waals surface area contributed by atoms with Crippen molar-refractivity contribution >= 4 is 8.80 Å². The van der Waals surface area contributed by atoms with Gasteiger partial charge in [0.1, 0.15) is 0 Å². The summed E-state index contributed by atoms with van der Waals surface area (Å²) in [5.41, 5.74) is 1.48. The molecule has 204 valence electrons. The Morgan fingerprint density at radius 1 is 0.543 bits per heavy atom. The van der Waals surface area contributed by atoms with Gasteiger partial charge in [-0.1, -0.05) is 140 Å². The van der Waals surface area contributed by atoms with Crippen molar-refractivity contribution in [2.45, 2.75) is 141 Å². The van der Waals surface area contributed by atoms with Gasteiger partial charge in [0.15, 0.2) is 0 Å². The number of hydrogen-bond acceptors (Lipinski definition) is 3. The first-order valence-electron chi connectivity index (χ1n) is 14.9. The van der Waals surface area contributed by atoms with Crippen LogP contribution in [0.3, 0.4) is 0 Å². The van der Waals surface area contributed by atoms with E-state index in [0.29, 0.717) is 5.92 Å². The van der Waals surface area contributed by atoms with Crippen LogP contribution in [0.2, 0.25) is 6.04 Å². The standard InChI is InChI=1S/C31H58O3Si/c1-5-6-7-8-9-10-11-12-13-14-15-16-17-18-19-21-25-31(30-26-22-20-23-27-30)28-24-29-35(32-2,33-3)34-4/h20,22-23,26-27,31H,5-19,21,24-25,28-29H2,1-4H3. The van der Waals surface area contributed by atoms with Crippen LogP contribution in [0.15, 0.2) is 30.3 Å². The Hall–Kier alpha value is -0.683. The lowest BCUT2D eigenvalue weighted by Gasteiger charge is -2.25. The summed E-state index contributed by atoms with van der Waals surface area (Å²) >= 11 is 0. The highest BCUT2D eigenvalue weighted by Gasteiger charge is 2.37. The molecule has 3 nitrogen and oxygen atoms in total. The lowest BCUT2D eigenvalue weighted by atomic mass is 9.89. The van der Waals surface area contributed by atoms with E-state index < -0.39 is 8.80 Å². The van der Waals surface area contributed by atoms with Crippen LogP contribution in [-0.4, -0.2) is 30.1 Å². The molecule has 0 aromatic heterocycles. The zero-order valence-corrected chi connectivity index (χ0v) is 24.8. The molecule has 0 amide bonds. The van der Waals surface area contributed by atoms with E-state index in [0.717, 1.165) is 12.5 Å². The molecule has 0 saturated heterocycles. The maximum Gasteiger partial charge on any atom is 0.500 e. The second kappa shape index (κ2) is 22.5. The molecule has 0 fully saturated rings. The van der Waals surface area contributed by atoms with E-state index in [2.05, 4.69) is 37.3 Å². The molecular formula is C31H58O3Si. The van der Waals surface area contributed by atoms with Gasteiger partial charge < -0.3 is 13.3 Å². The second-order valence-corrected chi connectivity index (χ2v) is 13.5. The van der Waals surface area contributed by atoms with Crippen molar-refractivity contribution < 1.29 is 13.3 Å². The summed E-state index contributed by atoms with van der Waals surface area (Å²) in [6.07, 6.45) is 26.3. The number of benzene rings is 1. The molecule has 0 N–H and O–H groups in total. The van der Waals surface area contributed by atoms with Crippen LogP contribution in [0, 0.1) is 0 Å². The molecule has 0 bridgehead atoms. The van der Waals surface area contributed by atoms with Crippen LogP contribution in [0.4, 0.5) is 0 Å². The van der Waals surface area contributed by atoms with E-state index in [4.69, 9.17) is 13.3 Å². The van der Waals surface area contributed by atoms with E-state index in [1.807, 2.05) is 0 Å². The van der Waals surface area contributed by atoms with Gasteiger partial charge >= 0.3 is 8.80 Å². The van der Waals surface area contributed by atoms with Crippen LogP contribution in [0.1, 0.15) is 140 Å². The van der Waals surface area contributed by atoms with Crippen molar-refractivity contribution in [2.24, 2.45) is 0 Å². The van der Waals surface area contributed by atoms with Gasteiger partial charge in [0.2, 0.25) is 0 Å². The topological polar surface area (TPSA) is 27.7 Å². The monoisotopic (exact) mass is 506 g/mol. The summed E-state index contributed by atoms with van der Waals surface area (Å²) in [6.45, 7) is 2.30. The Balaban J connectivity index is 2.11. The summed E-state index contributed by atoms with van der Waals surface area (Å²) < 4.78 is 16.8. The van der Waals surface area contributed by atoms with E-state index in [1.54, 1.807) is 21.3 Å². The van der Waals surface area contributed by atoms with Gasteiger partial charge in [-0.25, -0.2) is 0 Å². The molecule has 1 unspecified atom stereocenters. The largest absolute Gasteiger partial charge is 0.500 e. The van der Waals surface area contributed by atoms with Gasteiger partial charge in [-0.15, -0.1) is 0 Å². The molecule has 1 aromatic carbocycles. The molecule has 0 spiro atoms. The van der Waals surface area contributed by atoms with Gasteiger partial charge in [0, 0.05) is 27.4 Å². The van der Waals surface area contributed by atoms with Crippen molar-refractivity contribution in [3.63, 3.8) is 0 Å². The predicted octanol–water partition coefficient (Wildman–Crippen LogP) is 10.1. The molecule has 1 aromatic rings. The van der Waals surface area contributed by atoms with E-state index in [1.165, 1.54) is 121 Å². The average molecular weight is 507 g/mol. The molecule has 0 aliphatic heterocycles. The fraction of sp³-hybridized carbons (Fsp3) is 0.806. The minimum absolute atomic E-state index is 0.625. The fourth-order valence-electron chi connectivity index (χ4n) is 5.26. The molecule has 4 heteroatoms. The molecule has 0 aliphatic carbocycles. The molecule has 0 heterocycles. The molecule has 35 heavy (non-hydrogen) atoms. The molecule has 1 rings (SSSR count). The maximum absolute atomic E-state index is 5.61. The molecule has 0 radical (unpaired) electrons. The van der Waals surface area contributed by atoms with E-state index in [9.17, 15) is 0 Å². The van der Waals surface area contributed by atoms with Crippen molar-refractivity contribution in [3.8, 4) is 0 Å². The number of hydrogen-bond donors (Lipinski definition) is 0. The quantitative estimate of drug-likeness (QED) is 0.0975. The Kier molecular flexibility index (Phi) is 20.8. The minimum atomic E-state index is -2.46. The van der Waals surface area contributed by atoms with Gasteiger partial charge in [-0.05, 0) is 30.7 Å². The van der Waals surface area contributed by atoms with Crippen molar-refractivity contribution in [1.82, 2.24) is 0 Å². The molecule has 0 aliphatic rings. The van der Waals surface area contributed by atoms with Crippen molar-refractivity contribution in [3.05, 3.63) is 35.9 Å². The smallest absolute Gasteiger partial charge is 0.377 e. The number of rotatable bonds is 25. The van der Waals surface area contributed by atoms with Gasteiger partial charge in [-0.3, -0.25) is 0 Å². The SMILES string of the molecule is CCCCCCCCCCCCCCCCCCC(CCC[Si](OC)(OC)OC)c1ccccc1. The Labute approximate surface area is 220 Å². The normalized spacial score (nSPS) is 12.8. The van der Waals surface area contributed by atoms with Crippen LogP contribution in [0.5, 0.6) is 0 Å². The van der Waals surface area contributed by atoms with Crippen molar-refractivity contribution in [1.29, 1.82) is 0 Å². The van der Waals surface area contributed by atoms with Gasteiger partial charge in [-0.2, -0.15) is 0 Å². The highest BCUT2D eigenvalue weighted by atomic mass is 28.4. The number of unbranched alkanes of at least 4 members (excludes halogenated alkanes) is 15. The third-order valence-corrected chi connectivity index (χ3v) is 10.5. The highest BCUT2D eigenvalue weighted by molar-refractivity contribution is 6.60. The summed E-state index contributed by atoms with van der Waals surface area (Å²) in [7, 11) is 2.68. The summed E-state index contributed by atoms with van der Waals surface area (Å²) in [5, 5.41) is 0. The Bertz CT molecular complexity index is 553. The van der Waals surface area contributed by atoms with Gasteiger partial charge in [0.05, 0.1) is 0 Å². The maximum atomic E-state index is 5.61. The van der Waals surface area contributed by atoms with E-state index >= 15 is 0 Å². The second-order valence-electron chi connectivity index (χ2n) is 10.4. The summed E-state index contributed by atoms with van der Waals surface area (Å²) in [5.74, 6) is 0.625. The zero-order chi connectivity index (χ0) is 25.5. The third-order valence-electron chi connectivity index (χ3n) is 7.65. The lowest BCUT2D eigenvalue weighted by molar-refractivity contribution is 0.122. The Morgan fingerprint density at radius 3 is 1.37 bits per heavy atom. The van der Waals surface area contributed by atoms with Crippen LogP contribution in [0.25, 0.3) is 0 Å². The summed E-state index contributed by atoms with van der Waals surface area (Å²) in [6, 6.07) is 11.9. The first-order valence-corrected chi connectivity index (χ1v) is 16.8. The molecular weight excluding hydrogens is 448 g/mol. The third kappa shape index (κ3) is 15.9. The minimum Gasteiger partial charge on any atom is -0.377 e. The summed E-state index contributed by atoms with van der Waals surface area (Å²) in [4.78, 5) is 0.